The topological polar surface area (TPSA) is 81.8 Å². The third-order valence-corrected chi connectivity index (χ3v) is 3.22. The van der Waals surface area contributed by atoms with E-state index in [1.807, 2.05) is 6.92 Å². The molecule has 2 aromatic rings. The molecule has 0 amide bonds. The summed E-state index contributed by atoms with van der Waals surface area (Å²) < 4.78 is 10.3. The van der Waals surface area contributed by atoms with Crippen molar-refractivity contribution in [2.24, 2.45) is 0 Å². The lowest BCUT2D eigenvalue weighted by atomic mass is 10.0. The molecule has 6 nitrogen and oxygen atoms in total. The number of rotatable bonds is 6. The quantitative estimate of drug-likeness (QED) is 0.655. The van der Waals surface area contributed by atoms with Crippen LogP contribution in [0, 0.1) is 10.1 Å². The number of hydrogen-bond donors (Lipinski definition) is 1. The maximum Gasteiger partial charge on any atom is 0.311 e. The first-order chi connectivity index (χ1) is 10.6. The van der Waals surface area contributed by atoms with E-state index in [0.29, 0.717) is 23.5 Å². The average Bonchev–Trinajstić information content (AvgIpc) is 2.54. The molecular formula is C16H17NO5. The average molecular weight is 303 g/mol. The van der Waals surface area contributed by atoms with Crippen molar-refractivity contribution in [3.8, 4) is 11.5 Å². The standard InChI is InChI=1S/C16H17NO5/c1-3-22-13-7-4-11(5-8-13)16(18)12-6-9-15(21-2)14(10-12)17(19)20/h4-10,16,18H,3H2,1-2H3. The minimum atomic E-state index is -0.958. The van der Waals surface area contributed by atoms with Gasteiger partial charge in [0.1, 0.15) is 11.9 Å². The number of nitro benzene ring substituents is 1. The predicted octanol–water partition coefficient (Wildman–Crippen LogP) is 3.08. The van der Waals surface area contributed by atoms with Crippen LogP contribution in [0.25, 0.3) is 0 Å². The van der Waals surface area contributed by atoms with E-state index in [1.165, 1.54) is 19.2 Å². The summed E-state index contributed by atoms with van der Waals surface area (Å²) in [6.07, 6.45) is -0.958. The largest absolute Gasteiger partial charge is 0.494 e. The van der Waals surface area contributed by atoms with Crippen LogP contribution < -0.4 is 9.47 Å². The van der Waals surface area contributed by atoms with Crippen molar-refractivity contribution in [1.82, 2.24) is 0 Å². The number of methoxy groups -OCH3 is 1. The highest BCUT2D eigenvalue weighted by molar-refractivity contribution is 5.50. The highest BCUT2D eigenvalue weighted by Gasteiger charge is 2.19. The molecule has 0 bridgehead atoms. The molecule has 2 rings (SSSR count). The maximum absolute atomic E-state index is 11.0. The Balaban J connectivity index is 2.30. The number of ether oxygens (including phenoxy) is 2. The third-order valence-electron chi connectivity index (χ3n) is 3.22. The zero-order valence-corrected chi connectivity index (χ0v) is 12.4. The lowest BCUT2D eigenvalue weighted by molar-refractivity contribution is -0.385. The van der Waals surface area contributed by atoms with Crippen molar-refractivity contribution >= 4 is 5.69 Å². The van der Waals surface area contributed by atoms with Gasteiger partial charge in [-0.05, 0) is 36.2 Å². The van der Waals surface area contributed by atoms with Crippen LogP contribution in [0.15, 0.2) is 42.5 Å². The molecule has 1 atom stereocenters. The van der Waals surface area contributed by atoms with Crippen molar-refractivity contribution < 1.29 is 19.5 Å². The molecule has 0 aliphatic carbocycles. The van der Waals surface area contributed by atoms with Crippen molar-refractivity contribution in [2.45, 2.75) is 13.0 Å². The van der Waals surface area contributed by atoms with Crippen LogP contribution >= 0.6 is 0 Å². The van der Waals surface area contributed by atoms with E-state index in [1.54, 1.807) is 30.3 Å². The highest BCUT2D eigenvalue weighted by atomic mass is 16.6. The highest BCUT2D eigenvalue weighted by Crippen LogP contribution is 2.32. The first kappa shape index (κ1) is 15.8. The summed E-state index contributed by atoms with van der Waals surface area (Å²) in [6, 6.07) is 11.4. The summed E-state index contributed by atoms with van der Waals surface area (Å²) in [5.74, 6) is 0.867. The van der Waals surface area contributed by atoms with Crippen LogP contribution in [0.4, 0.5) is 5.69 Å². The van der Waals surface area contributed by atoms with Crippen molar-refractivity contribution in [3.63, 3.8) is 0 Å². The van der Waals surface area contributed by atoms with Gasteiger partial charge in [-0.3, -0.25) is 10.1 Å². The molecule has 0 heterocycles. The lowest BCUT2D eigenvalue weighted by Crippen LogP contribution is -2.02. The summed E-state index contributed by atoms with van der Waals surface area (Å²) in [4.78, 5) is 10.5. The Kier molecular flexibility index (Phi) is 4.95. The molecule has 0 fully saturated rings. The van der Waals surface area contributed by atoms with Gasteiger partial charge in [-0.15, -0.1) is 0 Å². The number of aliphatic hydroxyl groups excluding tert-OH is 1. The second-order valence-electron chi connectivity index (χ2n) is 4.59. The molecule has 0 aliphatic heterocycles. The van der Waals surface area contributed by atoms with Gasteiger partial charge in [-0.2, -0.15) is 0 Å². The van der Waals surface area contributed by atoms with Gasteiger partial charge in [0, 0.05) is 6.07 Å². The smallest absolute Gasteiger partial charge is 0.311 e. The molecule has 2 aromatic carbocycles. The number of nitrogens with zero attached hydrogens (tertiary/aromatic N) is 1. The van der Waals surface area contributed by atoms with Crippen LogP contribution in [-0.4, -0.2) is 23.7 Å². The summed E-state index contributed by atoms with van der Waals surface area (Å²) in [7, 11) is 1.37. The van der Waals surface area contributed by atoms with Gasteiger partial charge in [-0.25, -0.2) is 0 Å². The van der Waals surface area contributed by atoms with E-state index in [4.69, 9.17) is 9.47 Å². The minimum Gasteiger partial charge on any atom is -0.494 e. The Labute approximate surface area is 128 Å². The SMILES string of the molecule is CCOc1ccc(C(O)c2ccc(OC)c([N+](=O)[O-])c2)cc1. The normalized spacial score (nSPS) is 11.8. The second-order valence-corrected chi connectivity index (χ2v) is 4.59. The van der Waals surface area contributed by atoms with Crippen LogP contribution in [-0.2, 0) is 0 Å². The first-order valence-electron chi connectivity index (χ1n) is 6.80. The Morgan fingerprint density at radius 3 is 2.36 bits per heavy atom. The van der Waals surface area contributed by atoms with Crippen LogP contribution in [0.1, 0.15) is 24.2 Å². The Bertz CT molecular complexity index is 654. The maximum atomic E-state index is 11.0. The zero-order chi connectivity index (χ0) is 16.1. The number of aliphatic hydroxyl groups is 1. The molecule has 6 heteroatoms. The molecule has 1 unspecified atom stereocenters. The van der Waals surface area contributed by atoms with Crippen molar-refractivity contribution in [1.29, 1.82) is 0 Å². The van der Waals surface area contributed by atoms with E-state index in [9.17, 15) is 15.2 Å². The summed E-state index contributed by atoms with van der Waals surface area (Å²) in [6.45, 7) is 2.45. The third kappa shape index (κ3) is 3.35. The summed E-state index contributed by atoms with van der Waals surface area (Å²) >= 11 is 0. The Morgan fingerprint density at radius 2 is 1.82 bits per heavy atom. The predicted molar refractivity (Wildman–Crippen MR) is 81.3 cm³/mol. The molecule has 0 radical (unpaired) electrons. The number of hydrogen-bond acceptors (Lipinski definition) is 5. The van der Waals surface area contributed by atoms with E-state index >= 15 is 0 Å². The number of nitro groups is 1. The van der Waals surface area contributed by atoms with Crippen LogP contribution in [0.5, 0.6) is 11.5 Å². The first-order valence-corrected chi connectivity index (χ1v) is 6.80. The van der Waals surface area contributed by atoms with Gasteiger partial charge in [0.2, 0.25) is 0 Å². The van der Waals surface area contributed by atoms with E-state index < -0.39 is 11.0 Å². The van der Waals surface area contributed by atoms with Gasteiger partial charge in [0.15, 0.2) is 5.75 Å². The fourth-order valence-electron chi connectivity index (χ4n) is 2.13. The number of benzene rings is 2. The lowest BCUT2D eigenvalue weighted by Gasteiger charge is -2.13. The molecule has 116 valence electrons. The van der Waals surface area contributed by atoms with Gasteiger partial charge < -0.3 is 14.6 Å². The van der Waals surface area contributed by atoms with Crippen molar-refractivity contribution in [3.05, 3.63) is 63.7 Å². The van der Waals surface area contributed by atoms with E-state index in [-0.39, 0.29) is 11.4 Å². The van der Waals surface area contributed by atoms with E-state index in [2.05, 4.69) is 0 Å². The Hall–Kier alpha value is -2.60. The van der Waals surface area contributed by atoms with Crippen molar-refractivity contribution in [2.75, 3.05) is 13.7 Å². The zero-order valence-electron chi connectivity index (χ0n) is 12.4. The summed E-state index contributed by atoms with van der Waals surface area (Å²) in [5.41, 5.74) is 0.879. The van der Waals surface area contributed by atoms with Crippen LogP contribution in [0.3, 0.4) is 0 Å². The molecule has 22 heavy (non-hydrogen) atoms. The van der Waals surface area contributed by atoms with Gasteiger partial charge in [0.25, 0.3) is 0 Å². The van der Waals surface area contributed by atoms with Gasteiger partial charge in [-0.1, -0.05) is 18.2 Å². The summed E-state index contributed by atoms with van der Waals surface area (Å²) in [5, 5.41) is 21.4. The molecule has 0 aromatic heterocycles. The minimum absolute atomic E-state index is 0.160. The second kappa shape index (κ2) is 6.91. The van der Waals surface area contributed by atoms with Gasteiger partial charge in [0.05, 0.1) is 18.6 Å². The molecule has 1 N–H and O–H groups in total. The fraction of sp³-hybridized carbons (Fsp3) is 0.250. The molecule has 0 saturated heterocycles. The monoisotopic (exact) mass is 303 g/mol. The van der Waals surface area contributed by atoms with Crippen LogP contribution in [0.2, 0.25) is 0 Å². The molecule has 0 aliphatic rings. The fourth-order valence-corrected chi connectivity index (χ4v) is 2.13. The molecule has 0 saturated carbocycles. The molecule has 0 spiro atoms. The molecular weight excluding hydrogens is 286 g/mol. The van der Waals surface area contributed by atoms with E-state index in [0.717, 1.165) is 0 Å². The van der Waals surface area contributed by atoms with Gasteiger partial charge >= 0.3 is 5.69 Å². The Morgan fingerprint density at radius 1 is 1.18 bits per heavy atom.